The fraction of sp³-hybridized carbons (Fsp3) is 0.200. The van der Waals surface area contributed by atoms with Crippen LogP contribution in [-0.4, -0.2) is 4.57 Å². The van der Waals surface area contributed by atoms with Gasteiger partial charge in [-0.2, -0.15) is 0 Å². The number of hydrogen-bond acceptors (Lipinski definition) is 2. The smallest absolute Gasteiger partial charge is 0.193 e. The van der Waals surface area contributed by atoms with Crippen LogP contribution in [0.1, 0.15) is 11.1 Å². The molecule has 2 heterocycles. The monoisotopic (exact) mass is 240 g/mol. The van der Waals surface area contributed by atoms with Crippen molar-refractivity contribution in [1.29, 1.82) is 0 Å². The SMILES string of the molecule is Cn1cc(CCc2ccoc2N)c2ccccc21. The molecule has 3 aromatic rings. The molecule has 1 aromatic carbocycles. The van der Waals surface area contributed by atoms with Crippen molar-refractivity contribution in [1.82, 2.24) is 4.57 Å². The summed E-state index contributed by atoms with van der Waals surface area (Å²) in [5.41, 5.74) is 9.46. The fourth-order valence-corrected chi connectivity index (χ4v) is 2.45. The number of nitrogen functional groups attached to an aromatic ring is 1. The summed E-state index contributed by atoms with van der Waals surface area (Å²) in [7, 11) is 2.08. The molecule has 0 radical (unpaired) electrons. The summed E-state index contributed by atoms with van der Waals surface area (Å²) in [6.45, 7) is 0. The molecule has 3 rings (SSSR count). The molecule has 0 aliphatic carbocycles. The van der Waals surface area contributed by atoms with E-state index in [4.69, 9.17) is 10.2 Å². The molecular weight excluding hydrogens is 224 g/mol. The number of nitrogens with zero attached hydrogens (tertiary/aromatic N) is 1. The van der Waals surface area contributed by atoms with Gasteiger partial charge >= 0.3 is 0 Å². The Morgan fingerprint density at radius 1 is 1.11 bits per heavy atom. The molecule has 0 aliphatic rings. The van der Waals surface area contributed by atoms with Gasteiger partial charge in [0.25, 0.3) is 0 Å². The van der Waals surface area contributed by atoms with Gasteiger partial charge in [0.15, 0.2) is 5.88 Å². The van der Waals surface area contributed by atoms with Gasteiger partial charge in [-0.1, -0.05) is 18.2 Å². The first kappa shape index (κ1) is 11.0. The van der Waals surface area contributed by atoms with Gasteiger partial charge < -0.3 is 14.7 Å². The quantitative estimate of drug-likeness (QED) is 0.764. The molecular formula is C15H16N2O. The average molecular weight is 240 g/mol. The summed E-state index contributed by atoms with van der Waals surface area (Å²) in [5, 5.41) is 1.32. The number of rotatable bonds is 3. The lowest BCUT2D eigenvalue weighted by Gasteiger charge is -1.98. The van der Waals surface area contributed by atoms with E-state index >= 15 is 0 Å². The maximum absolute atomic E-state index is 5.75. The van der Waals surface area contributed by atoms with Gasteiger partial charge in [-0.15, -0.1) is 0 Å². The van der Waals surface area contributed by atoms with Gasteiger partial charge in [0, 0.05) is 29.7 Å². The van der Waals surface area contributed by atoms with Crippen molar-refractivity contribution in [2.75, 3.05) is 5.73 Å². The highest BCUT2D eigenvalue weighted by molar-refractivity contribution is 5.83. The van der Waals surface area contributed by atoms with Crippen LogP contribution >= 0.6 is 0 Å². The van der Waals surface area contributed by atoms with E-state index in [0.717, 1.165) is 18.4 Å². The molecule has 3 heteroatoms. The molecule has 2 aromatic heterocycles. The number of anilines is 1. The summed E-state index contributed by atoms with van der Waals surface area (Å²) in [6, 6.07) is 10.4. The summed E-state index contributed by atoms with van der Waals surface area (Å²) in [6.07, 6.45) is 5.73. The largest absolute Gasteiger partial charge is 0.449 e. The van der Waals surface area contributed by atoms with Crippen molar-refractivity contribution >= 4 is 16.8 Å². The molecule has 0 spiro atoms. The second-order valence-electron chi connectivity index (χ2n) is 4.59. The first-order valence-electron chi connectivity index (χ1n) is 6.10. The number of benzene rings is 1. The van der Waals surface area contributed by atoms with Gasteiger partial charge in [0.2, 0.25) is 0 Å². The Morgan fingerprint density at radius 3 is 2.67 bits per heavy atom. The molecule has 0 saturated carbocycles. The van der Waals surface area contributed by atoms with Crippen LogP contribution in [-0.2, 0) is 19.9 Å². The van der Waals surface area contributed by atoms with Gasteiger partial charge in [-0.25, -0.2) is 0 Å². The average Bonchev–Trinajstić information content (AvgIpc) is 2.92. The highest BCUT2D eigenvalue weighted by atomic mass is 16.3. The van der Waals surface area contributed by atoms with Crippen LogP contribution in [0, 0.1) is 0 Å². The van der Waals surface area contributed by atoms with Crippen molar-refractivity contribution in [2.45, 2.75) is 12.8 Å². The third-order valence-electron chi connectivity index (χ3n) is 3.42. The maximum Gasteiger partial charge on any atom is 0.193 e. The number of furan rings is 1. The Labute approximate surface area is 106 Å². The van der Waals surface area contributed by atoms with Crippen LogP contribution in [0.25, 0.3) is 10.9 Å². The van der Waals surface area contributed by atoms with Crippen LogP contribution in [0.5, 0.6) is 0 Å². The Hall–Kier alpha value is -2.16. The van der Waals surface area contributed by atoms with Crippen molar-refractivity contribution in [2.24, 2.45) is 7.05 Å². The van der Waals surface area contributed by atoms with E-state index in [1.54, 1.807) is 6.26 Å². The van der Waals surface area contributed by atoms with E-state index in [1.807, 2.05) is 6.07 Å². The zero-order valence-electron chi connectivity index (χ0n) is 10.4. The van der Waals surface area contributed by atoms with E-state index in [2.05, 4.69) is 42.1 Å². The summed E-state index contributed by atoms with van der Waals surface area (Å²) in [5.74, 6) is 0.537. The third-order valence-corrected chi connectivity index (χ3v) is 3.42. The van der Waals surface area contributed by atoms with Crippen LogP contribution in [0.2, 0.25) is 0 Å². The number of hydrogen-bond donors (Lipinski definition) is 1. The predicted octanol–water partition coefficient (Wildman–Crippen LogP) is 3.14. The first-order valence-corrected chi connectivity index (χ1v) is 6.10. The Bertz CT molecular complexity index is 679. The highest BCUT2D eigenvalue weighted by Gasteiger charge is 2.08. The molecule has 18 heavy (non-hydrogen) atoms. The number of aromatic nitrogens is 1. The lowest BCUT2D eigenvalue weighted by Crippen LogP contribution is -1.93. The second-order valence-corrected chi connectivity index (χ2v) is 4.59. The summed E-state index contributed by atoms with van der Waals surface area (Å²) in [4.78, 5) is 0. The molecule has 0 saturated heterocycles. The lowest BCUT2D eigenvalue weighted by molar-refractivity contribution is 0.585. The fourth-order valence-electron chi connectivity index (χ4n) is 2.45. The van der Waals surface area contributed by atoms with Gasteiger partial charge in [0.1, 0.15) is 0 Å². The molecule has 92 valence electrons. The highest BCUT2D eigenvalue weighted by Crippen LogP contribution is 2.23. The van der Waals surface area contributed by atoms with Crippen LogP contribution < -0.4 is 5.73 Å². The zero-order valence-corrected chi connectivity index (χ0v) is 10.4. The van der Waals surface area contributed by atoms with E-state index in [9.17, 15) is 0 Å². The molecule has 0 fully saturated rings. The predicted molar refractivity (Wildman–Crippen MR) is 73.4 cm³/mol. The minimum atomic E-state index is 0.537. The van der Waals surface area contributed by atoms with Crippen LogP contribution in [0.4, 0.5) is 5.88 Å². The van der Waals surface area contributed by atoms with Crippen LogP contribution in [0.15, 0.2) is 47.2 Å². The Morgan fingerprint density at radius 2 is 1.89 bits per heavy atom. The molecule has 0 amide bonds. The minimum absolute atomic E-state index is 0.537. The number of fused-ring (bicyclic) bond motifs is 1. The lowest BCUT2D eigenvalue weighted by atomic mass is 10.1. The summed E-state index contributed by atoms with van der Waals surface area (Å²) >= 11 is 0. The first-order chi connectivity index (χ1) is 8.75. The Balaban J connectivity index is 1.89. The molecule has 0 aliphatic heterocycles. The van der Waals surface area contributed by atoms with Gasteiger partial charge in [-0.3, -0.25) is 0 Å². The van der Waals surface area contributed by atoms with Crippen molar-refractivity contribution in [3.63, 3.8) is 0 Å². The zero-order chi connectivity index (χ0) is 12.5. The minimum Gasteiger partial charge on any atom is -0.449 e. The molecule has 3 nitrogen and oxygen atoms in total. The van der Waals surface area contributed by atoms with E-state index in [1.165, 1.54) is 16.5 Å². The van der Waals surface area contributed by atoms with Gasteiger partial charge in [0.05, 0.1) is 6.26 Å². The van der Waals surface area contributed by atoms with Crippen molar-refractivity contribution in [3.8, 4) is 0 Å². The molecule has 2 N–H and O–H groups in total. The number of nitrogens with two attached hydrogens (primary N) is 1. The standard InChI is InChI=1S/C15H16N2O/c1-17-10-12(13-4-2-3-5-14(13)17)7-6-11-8-9-18-15(11)16/h2-5,8-10H,6-7,16H2,1H3. The normalized spacial score (nSPS) is 11.2. The van der Waals surface area contributed by atoms with Gasteiger partial charge in [-0.05, 0) is 30.5 Å². The molecule has 0 atom stereocenters. The van der Waals surface area contributed by atoms with Crippen molar-refractivity contribution in [3.05, 3.63) is 53.9 Å². The van der Waals surface area contributed by atoms with Crippen LogP contribution in [0.3, 0.4) is 0 Å². The molecule has 0 unspecified atom stereocenters. The van der Waals surface area contributed by atoms with E-state index in [0.29, 0.717) is 5.88 Å². The Kier molecular flexibility index (Phi) is 2.59. The maximum atomic E-state index is 5.75. The summed E-state index contributed by atoms with van der Waals surface area (Å²) < 4.78 is 7.29. The topological polar surface area (TPSA) is 44.1 Å². The molecule has 0 bridgehead atoms. The number of aryl methyl sites for hydroxylation is 3. The van der Waals surface area contributed by atoms with E-state index < -0.39 is 0 Å². The number of para-hydroxylation sites is 1. The third kappa shape index (κ3) is 1.78. The second kappa shape index (κ2) is 4.26. The van der Waals surface area contributed by atoms with E-state index in [-0.39, 0.29) is 0 Å². The van der Waals surface area contributed by atoms with Crippen molar-refractivity contribution < 1.29 is 4.42 Å².